The van der Waals surface area contributed by atoms with Gasteiger partial charge in [-0.2, -0.15) is 0 Å². The zero-order valence-corrected chi connectivity index (χ0v) is 13.8. The van der Waals surface area contributed by atoms with E-state index in [0.717, 1.165) is 11.3 Å². The molecule has 0 saturated heterocycles. The molecule has 2 aromatic carbocycles. The van der Waals surface area contributed by atoms with E-state index in [1.54, 1.807) is 24.3 Å². The van der Waals surface area contributed by atoms with Gasteiger partial charge < -0.3 is 10.1 Å². The Bertz CT molecular complexity index is 645. The summed E-state index contributed by atoms with van der Waals surface area (Å²) in [5.74, 6) is 0.535. The van der Waals surface area contributed by atoms with Crippen LogP contribution in [0.1, 0.15) is 26.3 Å². The Morgan fingerprint density at radius 1 is 1.09 bits per heavy atom. The summed E-state index contributed by atoms with van der Waals surface area (Å²) in [4.78, 5) is 12.0. The first-order valence-corrected chi connectivity index (χ1v) is 7.52. The van der Waals surface area contributed by atoms with Gasteiger partial charge in [0.25, 0.3) is 5.91 Å². The van der Waals surface area contributed by atoms with Gasteiger partial charge in [-0.15, -0.1) is 0 Å². The number of nitrogens with one attached hydrogen (secondary N) is 1. The van der Waals surface area contributed by atoms with Crippen LogP contribution < -0.4 is 10.1 Å². The lowest BCUT2D eigenvalue weighted by atomic mass is 9.86. The average Bonchev–Trinajstić information content (AvgIpc) is 2.47. The standard InChI is InChI=1S/C18H20ClNO2/c1-18(2,3)15-6-4-5-7-16(15)22-12-17(21)20-14-10-8-13(19)9-11-14/h4-11H,12H2,1-3H3,(H,20,21). The van der Waals surface area contributed by atoms with E-state index in [9.17, 15) is 4.79 Å². The molecule has 0 saturated carbocycles. The molecule has 0 fully saturated rings. The van der Waals surface area contributed by atoms with E-state index >= 15 is 0 Å². The fourth-order valence-electron chi connectivity index (χ4n) is 2.09. The Balaban J connectivity index is 1.98. The minimum Gasteiger partial charge on any atom is -0.483 e. The van der Waals surface area contributed by atoms with E-state index in [2.05, 4.69) is 26.1 Å². The molecule has 22 heavy (non-hydrogen) atoms. The van der Waals surface area contributed by atoms with Gasteiger partial charge in [0.1, 0.15) is 5.75 Å². The number of carbonyl (C=O) groups is 1. The Kier molecular flexibility index (Phi) is 5.09. The quantitative estimate of drug-likeness (QED) is 0.891. The molecule has 0 radical (unpaired) electrons. The second kappa shape index (κ2) is 6.84. The molecule has 0 atom stereocenters. The summed E-state index contributed by atoms with van der Waals surface area (Å²) in [7, 11) is 0. The van der Waals surface area contributed by atoms with Gasteiger partial charge in [0, 0.05) is 10.7 Å². The molecule has 0 aliphatic heterocycles. The van der Waals surface area contributed by atoms with Crippen molar-refractivity contribution in [1.82, 2.24) is 0 Å². The van der Waals surface area contributed by atoms with Crippen molar-refractivity contribution in [3.8, 4) is 5.75 Å². The fourth-order valence-corrected chi connectivity index (χ4v) is 2.21. The highest BCUT2D eigenvalue weighted by atomic mass is 35.5. The van der Waals surface area contributed by atoms with Crippen molar-refractivity contribution in [3.05, 3.63) is 59.1 Å². The van der Waals surface area contributed by atoms with Gasteiger partial charge >= 0.3 is 0 Å². The zero-order valence-electron chi connectivity index (χ0n) is 13.0. The molecule has 1 amide bonds. The molecule has 0 unspecified atom stereocenters. The molecule has 0 aromatic heterocycles. The zero-order chi connectivity index (χ0) is 16.2. The number of halogens is 1. The van der Waals surface area contributed by atoms with Gasteiger partial charge in [-0.3, -0.25) is 4.79 Å². The minimum absolute atomic E-state index is 0.0320. The van der Waals surface area contributed by atoms with E-state index in [1.165, 1.54) is 0 Å². The summed E-state index contributed by atoms with van der Waals surface area (Å²) in [6.45, 7) is 6.31. The maximum atomic E-state index is 12.0. The second-order valence-corrected chi connectivity index (χ2v) is 6.53. The number of hydrogen-bond donors (Lipinski definition) is 1. The van der Waals surface area contributed by atoms with Gasteiger partial charge in [-0.1, -0.05) is 50.6 Å². The summed E-state index contributed by atoms with van der Waals surface area (Å²) >= 11 is 5.81. The summed E-state index contributed by atoms with van der Waals surface area (Å²) < 4.78 is 5.68. The molecule has 0 aliphatic rings. The molecule has 3 nitrogen and oxygen atoms in total. The van der Waals surface area contributed by atoms with Gasteiger partial charge in [0.05, 0.1) is 0 Å². The normalized spacial score (nSPS) is 11.1. The van der Waals surface area contributed by atoms with Crippen LogP contribution in [-0.2, 0) is 10.2 Å². The van der Waals surface area contributed by atoms with Crippen molar-refractivity contribution >= 4 is 23.2 Å². The average molecular weight is 318 g/mol. The predicted molar refractivity (Wildman–Crippen MR) is 90.7 cm³/mol. The third-order valence-electron chi connectivity index (χ3n) is 3.18. The van der Waals surface area contributed by atoms with Crippen molar-refractivity contribution in [2.45, 2.75) is 26.2 Å². The molecule has 4 heteroatoms. The predicted octanol–water partition coefficient (Wildman–Crippen LogP) is 4.66. The molecular weight excluding hydrogens is 298 g/mol. The van der Waals surface area contributed by atoms with Crippen molar-refractivity contribution in [2.75, 3.05) is 11.9 Å². The Labute approximate surface area is 136 Å². The summed E-state index contributed by atoms with van der Waals surface area (Å²) in [6.07, 6.45) is 0. The van der Waals surface area contributed by atoms with Crippen LogP contribution in [0.4, 0.5) is 5.69 Å². The Morgan fingerprint density at radius 3 is 2.36 bits per heavy atom. The van der Waals surface area contributed by atoms with Gasteiger partial charge in [-0.05, 0) is 41.3 Å². The maximum absolute atomic E-state index is 12.0. The maximum Gasteiger partial charge on any atom is 0.262 e. The largest absolute Gasteiger partial charge is 0.483 e. The van der Waals surface area contributed by atoms with Gasteiger partial charge in [0.15, 0.2) is 6.61 Å². The number of ether oxygens (including phenoxy) is 1. The van der Waals surface area contributed by atoms with Crippen molar-refractivity contribution in [2.24, 2.45) is 0 Å². The molecular formula is C18H20ClNO2. The van der Waals surface area contributed by atoms with Crippen LogP contribution in [0.5, 0.6) is 5.75 Å². The summed E-state index contributed by atoms with van der Waals surface area (Å²) in [5, 5.41) is 3.41. The Hall–Kier alpha value is -2.00. The van der Waals surface area contributed by atoms with Crippen LogP contribution in [0.3, 0.4) is 0 Å². The third-order valence-corrected chi connectivity index (χ3v) is 3.43. The highest BCUT2D eigenvalue weighted by Gasteiger charge is 2.18. The number of carbonyl (C=O) groups excluding carboxylic acids is 1. The molecule has 2 rings (SSSR count). The van der Waals surface area contributed by atoms with Crippen LogP contribution in [0.2, 0.25) is 5.02 Å². The fraction of sp³-hybridized carbons (Fsp3) is 0.278. The smallest absolute Gasteiger partial charge is 0.262 e. The van der Waals surface area contributed by atoms with Crippen molar-refractivity contribution < 1.29 is 9.53 Å². The number of hydrogen-bond acceptors (Lipinski definition) is 2. The number of rotatable bonds is 4. The van der Waals surface area contributed by atoms with E-state index in [-0.39, 0.29) is 17.9 Å². The third kappa shape index (κ3) is 4.50. The highest BCUT2D eigenvalue weighted by molar-refractivity contribution is 6.30. The second-order valence-electron chi connectivity index (χ2n) is 6.09. The van der Waals surface area contributed by atoms with Gasteiger partial charge in [-0.25, -0.2) is 0 Å². The first kappa shape index (κ1) is 16.4. The number of para-hydroxylation sites is 1. The minimum atomic E-state index is -0.203. The molecule has 0 bridgehead atoms. The van der Waals surface area contributed by atoms with Crippen molar-refractivity contribution in [3.63, 3.8) is 0 Å². The first-order valence-electron chi connectivity index (χ1n) is 7.14. The van der Waals surface area contributed by atoms with Crippen LogP contribution in [0.25, 0.3) is 0 Å². The highest BCUT2D eigenvalue weighted by Crippen LogP contribution is 2.30. The topological polar surface area (TPSA) is 38.3 Å². The lowest BCUT2D eigenvalue weighted by molar-refractivity contribution is -0.118. The van der Waals surface area contributed by atoms with E-state index in [4.69, 9.17) is 16.3 Å². The van der Waals surface area contributed by atoms with Crippen LogP contribution >= 0.6 is 11.6 Å². The lowest BCUT2D eigenvalue weighted by Gasteiger charge is -2.22. The van der Waals surface area contributed by atoms with Crippen LogP contribution in [-0.4, -0.2) is 12.5 Å². The van der Waals surface area contributed by atoms with Crippen LogP contribution in [0.15, 0.2) is 48.5 Å². The summed E-state index contributed by atoms with van der Waals surface area (Å²) in [6, 6.07) is 14.7. The van der Waals surface area contributed by atoms with E-state index in [0.29, 0.717) is 10.7 Å². The van der Waals surface area contributed by atoms with Gasteiger partial charge in [0.2, 0.25) is 0 Å². The molecule has 1 N–H and O–H groups in total. The summed E-state index contributed by atoms with van der Waals surface area (Å²) in [5.41, 5.74) is 1.74. The van der Waals surface area contributed by atoms with Crippen LogP contribution in [0, 0.1) is 0 Å². The SMILES string of the molecule is CC(C)(C)c1ccccc1OCC(=O)Nc1ccc(Cl)cc1. The molecule has 0 spiro atoms. The monoisotopic (exact) mass is 317 g/mol. The van der Waals surface area contributed by atoms with Crippen molar-refractivity contribution in [1.29, 1.82) is 0 Å². The number of amides is 1. The van der Waals surface area contributed by atoms with E-state index < -0.39 is 0 Å². The first-order chi connectivity index (χ1) is 10.4. The number of anilines is 1. The lowest BCUT2D eigenvalue weighted by Crippen LogP contribution is -2.21. The molecule has 0 aliphatic carbocycles. The van der Waals surface area contributed by atoms with E-state index in [1.807, 2.05) is 24.3 Å². The number of benzene rings is 2. The Morgan fingerprint density at radius 2 is 1.73 bits per heavy atom. The molecule has 0 heterocycles. The molecule has 2 aromatic rings. The molecule has 116 valence electrons.